The Kier molecular flexibility index (Phi) is 15.2. The maximum absolute atomic E-state index is 10.8. The van der Waals surface area contributed by atoms with Gasteiger partial charge in [-0.15, -0.1) is 11.8 Å². The van der Waals surface area contributed by atoms with E-state index in [0.29, 0.717) is 25.4 Å². The average molecular weight is 546 g/mol. The van der Waals surface area contributed by atoms with Crippen molar-refractivity contribution in [3.05, 3.63) is 0 Å². The minimum Gasteiger partial charge on any atom is -0.392 e. The van der Waals surface area contributed by atoms with Crippen LogP contribution in [0.4, 0.5) is 0 Å². The molecule has 0 aromatic heterocycles. The molecule has 37 heavy (non-hydrogen) atoms. The molecule has 11 nitrogen and oxygen atoms in total. The van der Waals surface area contributed by atoms with Gasteiger partial charge in [-0.3, -0.25) is 39.2 Å². The second kappa shape index (κ2) is 16.7. The fourth-order valence-electron chi connectivity index (χ4n) is 4.60. The van der Waals surface area contributed by atoms with E-state index in [0.717, 1.165) is 31.0 Å². The number of ketones is 4. The van der Waals surface area contributed by atoms with E-state index in [1.807, 2.05) is 42.8 Å². The lowest BCUT2D eigenvalue weighted by Crippen LogP contribution is -2.36. The number of carbonyl (C=O) groups excluding carboxylic acids is 4. The van der Waals surface area contributed by atoms with Gasteiger partial charge in [-0.05, 0) is 61.1 Å². The van der Waals surface area contributed by atoms with Gasteiger partial charge in [-0.2, -0.15) is 5.06 Å². The molecule has 0 aromatic carbocycles. The van der Waals surface area contributed by atoms with Gasteiger partial charge in [-0.25, -0.2) is 5.01 Å². The molecule has 4 rings (SSSR count). The third-order valence-electron chi connectivity index (χ3n) is 6.88. The highest BCUT2D eigenvalue weighted by molar-refractivity contribution is 7.99. The highest BCUT2D eigenvalue weighted by Crippen LogP contribution is 2.18. The number of hydrogen-bond acceptors (Lipinski definition) is 12. The van der Waals surface area contributed by atoms with Gasteiger partial charge in [0.2, 0.25) is 0 Å². The van der Waals surface area contributed by atoms with Crippen LogP contribution in [0.3, 0.4) is 0 Å². The summed E-state index contributed by atoms with van der Waals surface area (Å²) in [6.45, 7) is 8.70. The lowest BCUT2D eigenvalue weighted by atomic mass is 10.1. The number of hydroxylamine groups is 2. The molecule has 0 aromatic rings. The van der Waals surface area contributed by atoms with Crippen LogP contribution in [0, 0.1) is 0 Å². The molecule has 4 aliphatic heterocycles. The van der Waals surface area contributed by atoms with Crippen LogP contribution in [0.25, 0.3) is 0 Å². The van der Waals surface area contributed by atoms with E-state index >= 15 is 0 Å². The number of hydrogen-bond donors (Lipinski definition) is 2. The third-order valence-corrected chi connectivity index (χ3v) is 8.02. The number of Topliss-reactive ketones (excluding diaryl/α,β-unsaturated/α-hetero) is 4. The molecule has 214 valence electrons. The van der Waals surface area contributed by atoms with Gasteiger partial charge in [0.25, 0.3) is 0 Å². The first-order valence-electron chi connectivity index (χ1n) is 12.8. The number of carbonyl (C=O) groups is 4. The molecule has 4 saturated heterocycles. The maximum Gasteiger partial charge on any atom is 0.149 e. The zero-order chi connectivity index (χ0) is 28.3. The summed E-state index contributed by atoms with van der Waals surface area (Å²) in [6, 6.07) is 0.264. The third kappa shape index (κ3) is 11.6. The van der Waals surface area contributed by atoms with Crippen molar-refractivity contribution in [2.24, 2.45) is 0 Å². The number of rotatable bonds is 4. The number of aliphatic hydroxyl groups is 1. The summed E-state index contributed by atoms with van der Waals surface area (Å²) in [6.07, 6.45) is 2.09. The smallest absolute Gasteiger partial charge is 0.149 e. The van der Waals surface area contributed by atoms with Gasteiger partial charge < -0.3 is 5.11 Å². The van der Waals surface area contributed by atoms with E-state index in [1.54, 1.807) is 39.8 Å². The molecule has 0 amide bonds. The summed E-state index contributed by atoms with van der Waals surface area (Å²) in [7, 11) is 7.55. The molecule has 4 fully saturated rings. The molecular weight excluding hydrogens is 498 g/mol. The summed E-state index contributed by atoms with van der Waals surface area (Å²) in [5, 5.41) is 12.6. The summed E-state index contributed by atoms with van der Waals surface area (Å²) in [4.78, 5) is 52.2. The van der Waals surface area contributed by atoms with Crippen LogP contribution in [-0.4, -0.2) is 138 Å². The van der Waals surface area contributed by atoms with Crippen LogP contribution < -0.4 is 5.43 Å². The molecule has 5 unspecified atom stereocenters. The Labute approximate surface area is 226 Å². The van der Waals surface area contributed by atoms with Crippen molar-refractivity contribution in [2.45, 2.75) is 77.2 Å². The monoisotopic (exact) mass is 545 g/mol. The lowest BCUT2D eigenvalue weighted by molar-refractivity contribution is -0.139. The molecule has 0 aliphatic carbocycles. The van der Waals surface area contributed by atoms with E-state index in [-0.39, 0.29) is 47.6 Å². The number of nitrogens with one attached hydrogen (secondary N) is 1. The molecule has 4 aliphatic rings. The highest BCUT2D eigenvalue weighted by atomic mass is 32.2. The first-order chi connectivity index (χ1) is 17.3. The van der Waals surface area contributed by atoms with Crippen molar-refractivity contribution in [3.63, 3.8) is 0 Å². The largest absolute Gasteiger partial charge is 0.392 e. The second-order valence-corrected chi connectivity index (χ2v) is 11.1. The Balaban J connectivity index is 0.000000247. The number of thioether (sulfide) groups is 1. The molecular formula is C25H47N5O6S. The minimum atomic E-state index is -0.307. The number of likely N-dealkylation sites (N-methyl/N-ethyl adjacent to an activating group) is 4. The Morgan fingerprint density at radius 3 is 1.59 bits per heavy atom. The van der Waals surface area contributed by atoms with Crippen molar-refractivity contribution in [1.29, 1.82) is 0 Å². The van der Waals surface area contributed by atoms with E-state index in [1.165, 1.54) is 0 Å². The van der Waals surface area contributed by atoms with Gasteiger partial charge in [0.1, 0.15) is 23.1 Å². The topological polar surface area (TPSA) is 123 Å². The van der Waals surface area contributed by atoms with Gasteiger partial charge >= 0.3 is 0 Å². The number of nitrogens with zero attached hydrogens (tertiary/aromatic N) is 4. The minimum absolute atomic E-state index is 0.00463. The Bertz CT molecular complexity index is 701. The molecule has 4 heterocycles. The van der Waals surface area contributed by atoms with E-state index in [4.69, 9.17) is 9.94 Å². The summed E-state index contributed by atoms with van der Waals surface area (Å²) >= 11 is 1.82. The van der Waals surface area contributed by atoms with Gasteiger partial charge in [-0.1, -0.05) is 0 Å². The Morgan fingerprint density at radius 2 is 1.38 bits per heavy atom. The van der Waals surface area contributed by atoms with Crippen LogP contribution in [0.1, 0.15) is 47.0 Å². The first kappa shape index (κ1) is 33.8. The normalized spacial score (nSPS) is 30.5. The van der Waals surface area contributed by atoms with E-state index < -0.39 is 0 Å². The summed E-state index contributed by atoms with van der Waals surface area (Å²) in [5.74, 6) is 2.87. The number of aliphatic hydroxyl groups excluding tert-OH is 1. The summed E-state index contributed by atoms with van der Waals surface area (Å²) < 4.78 is 0. The molecule has 0 spiro atoms. The molecule has 0 radical (unpaired) electrons. The molecule has 5 atom stereocenters. The van der Waals surface area contributed by atoms with Crippen LogP contribution in [0.2, 0.25) is 0 Å². The fourth-order valence-corrected chi connectivity index (χ4v) is 5.88. The van der Waals surface area contributed by atoms with Crippen LogP contribution in [0.15, 0.2) is 0 Å². The van der Waals surface area contributed by atoms with Gasteiger partial charge in [0.15, 0.2) is 0 Å². The van der Waals surface area contributed by atoms with Crippen molar-refractivity contribution in [1.82, 2.24) is 25.3 Å². The average Bonchev–Trinajstić information content (AvgIpc) is 3.58. The van der Waals surface area contributed by atoms with Crippen molar-refractivity contribution < 1.29 is 29.1 Å². The Hall–Kier alpha value is -1.25. The zero-order valence-electron chi connectivity index (χ0n) is 23.7. The molecule has 0 bridgehead atoms. The Morgan fingerprint density at radius 1 is 0.811 bits per heavy atom. The van der Waals surface area contributed by atoms with E-state index in [9.17, 15) is 19.2 Å². The fraction of sp³-hybridized carbons (Fsp3) is 0.840. The lowest BCUT2D eigenvalue weighted by Gasteiger charge is -2.14. The molecule has 0 saturated carbocycles. The molecule has 2 N–H and O–H groups in total. The first-order valence-corrected chi connectivity index (χ1v) is 13.9. The van der Waals surface area contributed by atoms with Crippen LogP contribution in [-0.2, 0) is 24.0 Å². The predicted molar refractivity (Wildman–Crippen MR) is 145 cm³/mol. The second-order valence-electron chi connectivity index (χ2n) is 10.1. The van der Waals surface area contributed by atoms with Crippen molar-refractivity contribution in [3.8, 4) is 0 Å². The number of hydrazine groups is 1. The highest BCUT2D eigenvalue weighted by Gasteiger charge is 2.31. The van der Waals surface area contributed by atoms with Gasteiger partial charge in [0, 0.05) is 38.8 Å². The predicted octanol–water partition coefficient (Wildman–Crippen LogP) is 0.216. The zero-order valence-corrected chi connectivity index (χ0v) is 24.5. The number of β-amino-alcohol motifs (C(OH)–C–C–N with tert-alkyl or cyclic N) is 1. The van der Waals surface area contributed by atoms with Crippen LogP contribution in [0.5, 0.6) is 0 Å². The van der Waals surface area contributed by atoms with Crippen molar-refractivity contribution in [2.75, 3.05) is 59.5 Å². The van der Waals surface area contributed by atoms with Gasteiger partial charge in [0.05, 0.1) is 36.9 Å². The summed E-state index contributed by atoms with van der Waals surface area (Å²) in [5.41, 5.74) is 3.06. The quantitative estimate of drug-likeness (QED) is 0.502. The van der Waals surface area contributed by atoms with Crippen LogP contribution >= 0.6 is 11.8 Å². The maximum atomic E-state index is 10.8. The van der Waals surface area contributed by atoms with Crippen molar-refractivity contribution >= 4 is 34.9 Å². The standard InChI is InChI=1S/C7H13NO2.C6H12N2O.C6H11NO2.C6H11NOS/c1-5(9)7-3-6(10)4-8(7)2;1-5(9)6-3-4-7-8(6)2;1-5(8)6-3-4-9-7(6)2;1-5(8)6-3-9-4-7(6)2/h6-7,10H,3-4H2,1-2H3;6-7H,3-4H2,1-2H3;2*6H,3-4H2,1-2H3. The SMILES string of the molecule is CC(=O)C1CC(O)CN1C.CC(=O)C1CCNN1C.CC(=O)C1CCON1C.CC(=O)C1CSCN1C. The molecule has 12 heteroatoms. The number of likely N-dealkylation sites (tertiary alicyclic amines) is 1. The van der Waals surface area contributed by atoms with E-state index in [2.05, 4.69) is 10.3 Å².